The van der Waals surface area contributed by atoms with Crippen LogP contribution in [0.3, 0.4) is 0 Å². The molecule has 0 fully saturated rings. The van der Waals surface area contributed by atoms with Gasteiger partial charge in [-0.25, -0.2) is 4.79 Å². The normalized spacial score (nSPS) is 10.9. The zero-order valence-electron chi connectivity index (χ0n) is 23.5. The van der Waals surface area contributed by atoms with Gasteiger partial charge >= 0.3 is 5.76 Å². The van der Waals surface area contributed by atoms with Crippen LogP contribution in [0.5, 0.6) is 5.75 Å². The lowest BCUT2D eigenvalue weighted by atomic mass is 9.97. The zero-order valence-corrected chi connectivity index (χ0v) is 25.8. The number of benzene rings is 2. The molecular formula is C29H34Cl3N3O5. The fourth-order valence-electron chi connectivity index (χ4n) is 3.55. The van der Waals surface area contributed by atoms with Crippen LogP contribution in [0.25, 0.3) is 5.69 Å². The van der Waals surface area contributed by atoms with Crippen LogP contribution >= 0.6 is 34.8 Å². The van der Waals surface area contributed by atoms with Crippen LogP contribution in [0.1, 0.15) is 51.6 Å². The zero-order chi connectivity index (χ0) is 30.0. The second kappa shape index (κ2) is 15.2. The van der Waals surface area contributed by atoms with Crippen LogP contribution in [0.15, 0.2) is 39.5 Å². The molecule has 0 radical (unpaired) electrons. The topological polar surface area (TPSA) is 86.8 Å². The molecule has 0 bridgehead atoms. The predicted molar refractivity (Wildman–Crippen MR) is 160 cm³/mol. The highest BCUT2D eigenvalue weighted by Crippen LogP contribution is 2.33. The van der Waals surface area contributed by atoms with Gasteiger partial charge in [-0.05, 0) is 37.5 Å². The third kappa shape index (κ3) is 8.52. The number of ether oxygens (including phenoxy) is 2. The van der Waals surface area contributed by atoms with Crippen LogP contribution in [0, 0.1) is 19.3 Å². The van der Waals surface area contributed by atoms with Crippen molar-refractivity contribution in [1.29, 1.82) is 0 Å². The fourth-order valence-corrected chi connectivity index (χ4v) is 4.21. The Hall–Kier alpha value is -2.96. The van der Waals surface area contributed by atoms with E-state index >= 15 is 0 Å². The number of halogens is 3. The van der Waals surface area contributed by atoms with Crippen molar-refractivity contribution in [2.75, 3.05) is 30.7 Å². The van der Waals surface area contributed by atoms with E-state index < -0.39 is 11.2 Å². The molecule has 1 aromatic heterocycles. The number of aromatic nitrogens is 2. The minimum atomic E-state index is -0.642. The van der Waals surface area contributed by atoms with Gasteiger partial charge in [0, 0.05) is 18.1 Å². The number of terminal acetylenes is 1. The number of alkyl halides is 1. The summed E-state index contributed by atoms with van der Waals surface area (Å²) in [6.07, 6.45) is 6.02. The summed E-state index contributed by atoms with van der Waals surface area (Å²) in [5.41, 5.74) is 3.02. The van der Waals surface area contributed by atoms with Crippen LogP contribution in [-0.2, 0) is 21.4 Å². The predicted octanol–water partition coefficient (Wildman–Crippen LogP) is 6.57. The number of hydrogen-bond acceptors (Lipinski definition) is 6. The highest BCUT2D eigenvalue weighted by Gasteiger charge is 2.24. The lowest BCUT2D eigenvalue weighted by Crippen LogP contribution is -2.35. The van der Waals surface area contributed by atoms with Crippen molar-refractivity contribution in [2.45, 2.75) is 53.4 Å². The molecule has 3 rings (SSSR count). The van der Waals surface area contributed by atoms with Crippen molar-refractivity contribution in [1.82, 2.24) is 9.78 Å². The van der Waals surface area contributed by atoms with Gasteiger partial charge in [0.1, 0.15) is 25.0 Å². The average molecular weight is 611 g/mol. The van der Waals surface area contributed by atoms with E-state index in [2.05, 4.69) is 17.9 Å². The van der Waals surface area contributed by atoms with Gasteiger partial charge in [-0.1, -0.05) is 75.0 Å². The Kier molecular flexibility index (Phi) is 12.6. The van der Waals surface area contributed by atoms with Gasteiger partial charge in [0.2, 0.25) is 11.8 Å². The Morgan fingerprint density at radius 1 is 1.20 bits per heavy atom. The molecule has 11 heteroatoms. The van der Waals surface area contributed by atoms with Crippen LogP contribution in [-0.4, -0.2) is 41.5 Å². The van der Waals surface area contributed by atoms with Crippen LogP contribution < -0.4 is 15.4 Å². The minimum absolute atomic E-state index is 0.0371. The molecular weight excluding hydrogens is 577 g/mol. The van der Waals surface area contributed by atoms with Gasteiger partial charge < -0.3 is 13.9 Å². The SMILES string of the molecule is C#CCOc1cc(-n2nc(C(C)(C)C)oc2=O)c(Cl)cc1Cl.CCOCN(C(=O)CCl)c1c(C)cccc1CC. The second-order valence-electron chi connectivity index (χ2n) is 9.58. The van der Waals surface area contributed by atoms with Crippen LogP contribution in [0.2, 0.25) is 10.0 Å². The Bertz CT molecular complexity index is 1400. The van der Waals surface area contributed by atoms with Crippen molar-refractivity contribution >= 4 is 46.4 Å². The van der Waals surface area contributed by atoms with E-state index in [9.17, 15) is 9.59 Å². The minimum Gasteiger partial charge on any atom is -0.479 e. The largest absolute Gasteiger partial charge is 0.479 e. The van der Waals surface area contributed by atoms with Crippen molar-refractivity contribution in [3.8, 4) is 23.8 Å². The summed E-state index contributed by atoms with van der Waals surface area (Å²) < 4.78 is 16.9. The Morgan fingerprint density at radius 2 is 1.90 bits per heavy atom. The highest BCUT2D eigenvalue weighted by atomic mass is 35.5. The van der Waals surface area contributed by atoms with Gasteiger partial charge in [-0.2, -0.15) is 4.68 Å². The Balaban J connectivity index is 0.000000286. The van der Waals surface area contributed by atoms with Gasteiger partial charge in [0.25, 0.3) is 0 Å². The van der Waals surface area contributed by atoms with Crippen LogP contribution in [0.4, 0.5) is 5.69 Å². The molecule has 216 valence electrons. The first kappa shape index (κ1) is 33.2. The summed E-state index contributed by atoms with van der Waals surface area (Å²) in [4.78, 5) is 25.6. The van der Waals surface area contributed by atoms with Gasteiger partial charge in [0.15, 0.2) is 0 Å². The van der Waals surface area contributed by atoms with E-state index in [1.54, 1.807) is 4.90 Å². The lowest BCUT2D eigenvalue weighted by Gasteiger charge is -2.25. The summed E-state index contributed by atoms with van der Waals surface area (Å²) >= 11 is 17.9. The molecule has 0 spiro atoms. The molecule has 0 atom stereocenters. The van der Waals surface area contributed by atoms with E-state index in [0.29, 0.717) is 23.9 Å². The maximum atomic E-state index is 12.0. The third-order valence-corrected chi connectivity index (χ3v) is 6.37. The Morgan fingerprint density at radius 3 is 2.45 bits per heavy atom. The first-order valence-electron chi connectivity index (χ1n) is 12.6. The first-order valence-corrected chi connectivity index (χ1v) is 13.9. The molecule has 0 aliphatic carbocycles. The molecule has 0 aliphatic rings. The number of hydrogen-bond donors (Lipinski definition) is 0. The molecule has 0 unspecified atom stereocenters. The smallest absolute Gasteiger partial charge is 0.442 e. The van der Waals surface area contributed by atoms with E-state index in [1.165, 1.54) is 12.1 Å². The summed E-state index contributed by atoms with van der Waals surface area (Å²) in [6, 6.07) is 8.99. The van der Waals surface area contributed by atoms with Gasteiger partial charge in [-0.15, -0.1) is 23.1 Å². The van der Waals surface area contributed by atoms with Gasteiger partial charge in [0.05, 0.1) is 21.4 Å². The number of carbonyl (C=O) groups excluding carboxylic acids is 1. The molecule has 0 N–H and O–H groups in total. The van der Waals surface area contributed by atoms with E-state index in [-0.39, 0.29) is 35.2 Å². The molecule has 3 aromatic rings. The van der Waals surface area contributed by atoms with E-state index in [0.717, 1.165) is 27.9 Å². The van der Waals surface area contributed by atoms with E-state index in [4.69, 9.17) is 55.1 Å². The second-order valence-corrected chi connectivity index (χ2v) is 10.7. The molecule has 2 aromatic carbocycles. The molecule has 8 nitrogen and oxygen atoms in total. The summed E-state index contributed by atoms with van der Waals surface area (Å²) in [6.45, 7) is 12.5. The Labute approximate surface area is 250 Å². The number of anilines is 1. The fraction of sp³-hybridized carbons (Fsp3) is 0.414. The average Bonchev–Trinajstić information content (AvgIpc) is 3.31. The summed E-state index contributed by atoms with van der Waals surface area (Å²) in [7, 11) is 0. The quantitative estimate of drug-likeness (QED) is 0.155. The molecule has 0 saturated heterocycles. The van der Waals surface area contributed by atoms with Crippen molar-refractivity contribution in [2.24, 2.45) is 0 Å². The molecule has 1 amide bonds. The van der Waals surface area contributed by atoms with Gasteiger partial charge in [-0.3, -0.25) is 9.69 Å². The van der Waals surface area contributed by atoms with E-state index in [1.807, 2.05) is 52.8 Å². The first-order chi connectivity index (χ1) is 18.9. The third-order valence-electron chi connectivity index (χ3n) is 5.54. The van der Waals surface area contributed by atoms with Crippen molar-refractivity contribution < 1.29 is 18.7 Å². The molecule has 1 heterocycles. The number of nitrogens with zero attached hydrogens (tertiary/aromatic N) is 3. The number of carbonyl (C=O) groups is 1. The highest BCUT2D eigenvalue weighted by molar-refractivity contribution is 6.36. The van der Waals surface area contributed by atoms with Crippen molar-refractivity contribution in [3.63, 3.8) is 0 Å². The standard InChI is InChI=1S/C15H14Cl2N2O3.C14H20ClNO2/c1-5-6-21-12-8-11(9(16)7-10(12)17)19-14(20)22-13(18-19)15(2,3)4;1-4-12-8-6-7-11(3)14(12)16(10-18-5-2)13(17)9-15/h1,7-8H,6H2,2-4H3;6-8H,4-5,9-10H2,1-3H3. The number of para-hydroxylation sites is 1. The molecule has 0 saturated carbocycles. The maximum Gasteiger partial charge on any atom is 0.442 e. The summed E-state index contributed by atoms with van der Waals surface area (Å²) in [5, 5.41) is 4.71. The number of amides is 1. The molecule has 40 heavy (non-hydrogen) atoms. The van der Waals surface area contributed by atoms with Crippen molar-refractivity contribution in [3.05, 3.63) is 67.9 Å². The summed E-state index contributed by atoms with van der Waals surface area (Å²) in [5.74, 6) is 2.14. The monoisotopic (exact) mass is 609 g/mol. The lowest BCUT2D eigenvalue weighted by molar-refractivity contribution is -0.117. The molecule has 0 aliphatic heterocycles. The maximum absolute atomic E-state index is 12.0. The number of aryl methyl sites for hydroxylation is 2. The number of rotatable bonds is 9.